The number of rotatable bonds is 0. The molecule has 0 aliphatic heterocycles. The van der Waals surface area contributed by atoms with Gasteiger partial charge in [0, 0.05) is 34.0 Å². The molecule has 0 atom stereocenters. The Balaban J connectivity index is 2.13. The van der Waals surface area contributed by atoms with E-state index in [1.165, 1.54) is 16.7 Å². The number of aromatic nitrogens is 1. The largest absolute Gasteiger partial charge is 0.255 e. The van der Waals surface area contributed by atoms with Crippen molar-refractivity contribution in [3.63, 3.8) is 0 Å². The summed E-state index contributed by atoms with van der Waals surface area (Å²) < 4.78 is 0. The SMILES string of the molecule is Clc1cccc2cnc3c(c12)Cc1ccccc1-3. The predicted molar refractivity (Wildman–Crippen MR) is 75.0 cm³/mol. The van der Waals surface area contributed by atoms with E-state index in [4.69, 9.17) is 11.6 Å². The lowest BCUT2D eigenvalue weighted by molar-refractivity contribution is 1.26. The summed E-state index contributed by atoms with van der Waals surface area (Å²) in [4.78, 5) is 4.61. The van der Waals surface area contributed by atoms with Crippen molar-refractivity contribution in [2.24, 2.45) is 0 Å². The average molecular weight is 252 g/mol. The first-order valence-electron chi connectivity index (χ1n) is 5.99. The first-order valence-corrected chi connectivity index (χ1v) is 6.37. The number of pyridine rings is 1. The zero-order chi connectivity index (χ0) is 12.1. The van der Waals surface area contributed by atoms with Gasteiger partial charge < -0.3 is 0 Å². The van der Waals surface area contributed by atoms with Crippen molar-refractivity contribution in [3.05, 3.63) is 64.8 Å². The molecule has 18 heavy (non-hydrogen) atoms. The number of halogens is 1. The number of hydrogen-bond acceptors (Lipinski definition) is 1. The molecule has 1 heterocycles. The molecule has 1 aliphatic rings. The molecule has 4 rings (SSSR count). The van der Waals surface area contributed by atoms with Gasteiger partial charge >= 0.3 is 0 Å². The second-order valence-electron chi connectivity index (χ2n) is 4.62. The molecule has 0 N–H and O–H groups in total. The standard InChI is InChI=1S/C16H10ClN/c17-14-7-3-5-11-9-18-16-12-6-2-1-4-10(12)8-13(16)15(11)14/h1-7,9H,8H2. The van der Waals surface area contributed by atoms with Gasteiger partial charge in [0.25, 0.3) is 0 Å². The van der Waals surface area contributed by atoms with E-state index in [1.807, 2.05) is 18.3 Å². The molecule has 1 aromatic heterocycles. The molecule has 0 saturated carbocycles. The number of hydrogen-bond donors (Lipinski definition) is 0. The van der Waals surface area contributed by atoms with Crippen molar-refractivity contribution in [1.29, 1.82) is 0 Å². The van der Waals surface area contributed by atoms with Crippen LogP contribution in [0.3, 0.4) is 0 Å². The van der Waals surface area contributed by atoms with Gasteiger partial charge in [-0.05, 0) is 17.2 Å². The Bertz CT molecular complexity index is 777. The predicted octanol–water partition coefficient (Wildman–Crippen LogP) is 4.46. The van der Waals surface area contributed by atoms with Crippen LogP contribution < -0.4 is 0 Å². The number of nitrogens with zero attached hydrogens (tertiary/aromatic N) is 1. The van der Waals surface area contributed by atoms with Crippen molar-refractivity contribution < 1.29 is 0 Å². The van der Waals surface area contributed by atoms with E-state index in [2.05, 4.69) is 35.3 Å². The lowest BCUT2D eigenvalue weighted by Crippen LogP contribution is -1.88. The topological polar surface area (TPSA) is 12.9 Å². The quantitative estimate of drug-likeness (QED) is 0.450. The molecule has 0 fully saturated rings. The zero-order valence-corrected chi connectivity index (χ0v) is 10.4. The molecule has 0 amide bonds. The van der Waals surface area contributed by atoms with Crippen LogP contribution in [0.4, 0.5) is 0 Å². The Hall–Kier alpha value is -1.86. The van der Waals surface area contributed by atoms with Gasteiger partial charge in [-0.2, -0.15) is 0 Å². The summed E-state index contributed by atoms with van der Waals surface area (Å²) in [5.41, 5.74) is 4.94. The van der Waals surface area contributed by atoms with E-state index < -0.39 is 0 Å². The molecular formula is C16H10ClN. The molecule has 0 bridgehead atoms. The van der Waals surface area contributed by atoms with Gasteiger partial charge in [0.1, 0.15) is 0 Å². The van der Waals surface area contributed by atoms with E-state index in [0.29, 0.717) is 0 Å². The second kappa shape index (κ2) is 3.56. The minimum atomic E-state index is 0.818. The Morgan fingerprint density at radius 3 is 2.83 bits per heavy atom. The number of fused-ring (bicyclic) bond motifs is 5. The summed E-state index contributed by atoms with van der Waals surface area (Å²) in [6.07, 6.45) is 2.85. The highest BCUT2D eigenvalue weighted by molar-refractivity contribution is 6.36. The van der Waals surface area contributed by atoms with Crippen LogP contribution in [0, 0.1) is 0 Å². The molecule has 0 spiro atoms. The number of benzene rings is 2. The van der Waals surface area contributed by atoms with E-state index in [1.54, 1.807) is 0 Å². The van der Waals surface area contributed by atoms with Gasteiger partial charge in [-0.25, -0.2) is 0 Å². The Morgan fingerprint density at radius 1 is 1.00 bits per heavy atom. The van der Waals surface area contributed by atoms with Crippen molar-refractivity contribution >= 4 is 22.4 Å². The van der Waals surface area contributed by atoms with Gasteiger partial charge in [-0.15, -0.1) is 0 Å². The monoisotopic (exact) mass is 251 g/mol. The van der Waals surface area contributed by atoms with Crippen molar-refractivity contribution in [2.75, 3.05) is 0 Å². The van der Waals surface area contributed by atoms with Crippen LogP contribution in [-0.2, 0) is 6.42 Å². The van der Waals surface area contributed by atoms with E-state index >= 15 is 0 Å². The Kier molecular flexibility index (Phi) is 2.00. The third kappa shape index (κ3) is 1.25. The van der Waals surface area contributed by atoms with Gasteiger partial charge in [-0.3, -0.25) is 4.98 Å². The van der Waals surface area contributed by atoms with Crippen LogP contribution in [-0.4, -0.2) is 4.98 Å². The van der Waals surface area contributed by atoms with E-state index in [9.17, 15) is 0 Å². The average Bonchev–Trinajstić information content (AvgIpc) is 2.77. The molecule has 86 valence electrons. The summed E-state index contributed by atoms with van der Waals surface area (Å²) >= 11 is 6.36. The van der Waals surface area contributed by atoms with Crippen molar-refractivity contribution in [3.8, 4) is 11.3 Å². The van der Waals surface area contributed by atoms with Crippen molar-refractivity contribution in [1.82, 2.24) is 4.98 Å². The van der Waals surface area contributed by atoms with Gasteiger partial charge in [0.15, 0.2) is 0 Å². The molecule has 1 aliphatic carbocycles. The Morgan fingerprint density at radius 2 is 1.89 bits per heavy atom. The normalized spacial score (nSPS) is 12.5. The maximum atomic E-state index is 6.36. The first-order chi connectivity index (χ1) is 8.84. The van der Waals surface area contributed by atoms with Crippen LogP contribution in [0.15, 0.2) is 48.7 Å². The van der Waals surface area contributed by atoms with Crippen LogP contribution in [0.5, 0.6) is 0 Å². The van der Waals surface area contributed by atoms with Crippen LogP contribution >= 0.6 is 11.6 Å². The molecule has 3 aromatic rings. The fourth-order valence-corrected chi connectivity index (χ4v) is 3.09. The lowest BCUT2D eigenvalue weighted by Gasteiger charge is -2.06. The van der Waals surface area contributed by atoms with Crippen LogP contribution in [0.2, 0.25) is 5.02 Å². The fraction of sp³-hybridized carbons (Fsp3) is 0.0625. The molecule has 1 nitrogen and oxygen atoms in total. The Labute approximate surface area is 110 Å². The maximum absolute atomic E-state index is 6.36. The summed E-state index contributed by atoms with van der Waals surface area (Å²) in [6, 6.07) is 14.4. The first kappa shape index (κ1) is 10.1. The maximum Gasteiger partial charge on any atom is 0.0747 e. The third-order valence-electron chi connectivity index (χ3n) is 3.61. The molecule has 0 saturated heterocycles. The molecule has 2 heteroatoms. The smallest absolute Gasteiger partial charge is 0.0747 e. The molecule has 2 aromatic carbocycles. The third-order valence-corrected chi connectivity index (χ3v) is 3.92. The summed E-state index contributed by atoms with van der Waals surface area (Å²) in [6.45, 7) is 0. The van der Waals surface area contributed by atoms with Gasteiger partial charge in [-0.1, -0.05) is 48.0 Å². The van der Waals surface area contributed by atoms with Crippen LogP contribution in [0.1, 0.15) is 11.1 Å². The van der Waals surface area contributed by atoms with Crippen molar-refractivity contribution in [2.45, 2.75) is 6.42 Å². The molecular weight excluding hydrogens is 242 g/mol. The zero-order valence-electron chi connectivity index (χ0n) is 9.65. The van der Waals surface area contributed by atoms with Crippen LogP contribution in [0.25, 0.3) is 22.0 Å². The lowest BCUT2D eigenvalue weighted by atomic mass is 10.0. The van der Waals surface area contributed by atoms with E-state index in [0.717, 1.165) is 27.9 Å². The minimum absolute atomic E-state index is 0.818. The summed E-state index contributed by atoms with van der Waals surface area (Å²) in [5.74, 6) is 0. The van der Waals surface area contributed by atoms with Gasteiger partial charge in [0.05, 0.1) is 5.69 Å². The highest BCUT2D eigenvalue weighted by Gasteiger charge is 2.22. The highest BCUT2D eigenvalue weighted by Crippen LogP contribution is 2.40. The fourth-order valence-electron chi connectivity index (χ4n) is 2.80. The van der Waals surface area contributed by atoms with E-state index in [-0.39, 0.29) is 0 Å². The highest BCUT2D eigenvalue weighted by atomic mass is 35.5. The molecule has 0 radical (unpaired) electrons. The molecule has 0 unspecified atom stereocenters. The summed E-state index contributed by atoms with van der Waals surface area (Å²) in [7, 11) is 0. The second-order valence-corrected chi connectivity index (χ2v) is 5.03. The minimum Gasteiger partial charge on any atom is -0.255 e. The van der Waals surface area contributed by atoms with Gasteiger partial charge in [0.2, 0.25) is 0 Å². The summed E-state index contributed by atoms with van der Waals surface area (Å²) in [5, 5.41) is 3.09.